The van der Waals surface area contributed by atoms with E-state index in [0.717, 1.165) is 42.2 Å². The average molecular weight is 406 g/mol. The van der Waals surface area contributed by atoms with Crippen LogP contribution >= 0.6 is 12.4 Å². The molecule has 2 aliphatic rings. The predicted octanol–water partition coefficient (Wildman–Crippen LogP) is 2.20. The summed E-state index contributed by atoms with van der Waals surface area (Å²) in [4.78, 5) is 26.9. The lowest BCUT2D eigenvalue weighted by Crippen LogP contribution is -2.46. The number of furan rings is 1. The van der Waals surface area contributed by atoms with E-state index in [1.54, 1.807) is 6.26 Å². The molecule has 1 unspecified atom stereocenters. The van der Waals surface area contributed by atoms with Gasteiger partial charge in [0.25, 0.3) is 0 Å². The molecule has 2 heterocycles. The fraction of sp³-hybridized carbons (Fsp3) is 0.524. The van der Waals surface area contributed by atoms with Crippen molar-refractivity contribution in [1.29, 1.82) is 0 Å². The van der Waals surface area contributed by atoms with Crippen LogP contribution in [0.3, 0.4) is 0 Å². The van der Waals surface area contributed by atoms with Gasteiger partial charge in [0.2, 0.25) is 11.8 Å². The Morgan fingerprint density at radius 1 is 1.21 bits per heavy atom. The summed E-state index contributed by atoms with van der Waals surface area (Å²) in [7, 11) is 0. The van der Waals surface area contributed by atoms with E-state index in [1.165, 1.54) is 17.5 Å². The van der Waals surface area contributed by atoms with Crippen molar-refractivity contribution in [2.75, 3.05) is 26.2 Å². The van der Waals surface area contributed by atoms with Crippen LogP contribution in [0.15, 0.2) is 22.8 Å². The van der Waals surface area contributed by atoms with Gasteiger partial charge in [0.15, 0.2) is 0 Å². The predicted molar refractivity (Wildman–Crippen MR) is 111 cm³/mol. The van der Waals surface area contributed by atoms with Crippen molar-refractivity contribution in [2.24, 2.45) is 11.7 Å². The number of nitrogens with zero attached hydrogens (tertiary/aromatic N) is 1. The molecule has 0 radical (unpaired) electrons. The normalized spacial score (nSPS) is 18.6. The second-order valence-electron chi connectivity index (χ2n) is 7.67. The summed E-state index contributed by atoms with van der Waals surface area (Å²) in [6, 6.07) is 4.33. The number of likely N-dealkylation sites (tertiary alicyclic amines) is 1. The number of nitrogens with one attached hydrogen (secondary N) is 1. The quantitative estimate of drug-likeness (QED) is 0.798. The first-order chi connectivity index (χ1) is 13.2. The fourth-order valence-electron chi connectivity index (χ4n) is 4.32. The topological polar surface area (TPSA) is 88.6 Å². The van der Waals surface area contributed by atoms with Gasteiger partial charge in [-0.1, -0.05) is 0 Å². The maximum atomic E-state index is 12.9. The highest BCUT2D eigenvalue weighted by Crippen LogP contribution is 2.31. The molecule has 1 aromatic carbocycles. The van der Waals surface area contributed by atoms with E-state index in [1.807, 2.05) is 4.90 Å². The van der Waals surface area contributed by atoms with Gasteiger partial charge in [0, 0.05) is 37.1 Å². The molecule has 1 aliphatic carbocycles. The molecule has 2 amide bonds. The summed E-state index contributed by atoms with van der Waals surface area (Å²) in [5, 5.41) is 3.89. The summed E-state index contributed by atoms with van der Waals surface area (Å²) in [5.74, 6) is -0.0737. The van der Waals surface area contributed by atoms with Gasteiger partial charge in [-0.15, -0.1) is 12.4 Å². The van der Waals surface area contributed by atoms with Gasteiger partial charge in [-0.05, 0) is 55.4 Å². The van der Waals surface area contributed by atoms with Gasteiger partial charge in [-0.3, -0.25) is 9.59 Å². The van der Waals surface area contributed by atoms with Crippen LogP contribution in [-0.2, 0) is 28.9 Å². The molecule has 3 N–H and O–H groups in total. The molecule has 152 valence electrons. The van der Waals surface area contributed by atoms with Gasteiger partial charge in [0.05, 0.1) is 18.6 Å². The zero-order valence-corrected chi connectivity index (χ0v) is 16.9. The highest BCUT2D eigenvalue weighted by molar-refractivity contribution is 5.89. The molecule has 1 aromatic heterocycles. The summed E-state index contributed by atoms with van der Waals surface area (Å²) < 4.78 is 5.72. The van der Waals surface area contributed by atoms with Crippen LogP contribution in [0.4, 0.5) is 0 Å². The highest BCUT2D eigenvalue weighted by atomic mass is 35.5. The van der Waals surface area contributed by atoms with Crippen LogP contribution in [0.2, 0.25) is 0 Å². The summed E-state index contributed by atoms with van der Waals surface area (Å²) in [6.07, 6.45) is 7.12. The van der Waals surface area contributed by atoms with Crippen molar-refractivity contribution in [3.8, 4) is 0 Å². The van der Waals surface area contributed by atoms with Crippen molar-refractivity contribution in [3.05, 3.63) is 35.1 Å². The maximum Gasteiger partial charge on any atom is 0.227 e. The molecule has 0 spiro atoms. The third-order valence-corrected chi connectivity index (χ3v) is 5.80. The number of hydrogen-bond donors (Lipinski definition) is 2. The Morgan fingerprint density at radius 3 is 2.79 bits per heavy atom. The largest absolute Gasteiger partial charge is 0.464 e. The van der Waals surface area contributed by atoms with Crippen molar-refractivity contribution < 1.29 is 14.0 Å². The van der Waals surface area contributed by atoms with Gasteiger partial charge < -0.3 is 20.4 Å². The van der Waals surface area contributed by atoms with Crippen molar-refractivity contribution in [1.82, 2.24) is 10.2 Å². The molecule has 4 rings (SSSR count). The number of amides is 2. The Kier molecular flexibility index (Phi) is 6.62. The van der Waals surface area contributed by atoms with Crippen molar-refractivity contribution in [3.63, 3.8) is 0 Å². The zero-order chi connectivity index (χ0) is 18.8. The van der Waals surface area contributed by atoms with Gasteiger partial charge in [-0.2, -0.15) is 0 Å². The van der Waals surface area contributed by atoms with Gasteiger partial charge in [-0.25, -0.2) is 0 Å². The number of hydrogen-bond acceptors (Lipinski definition) is 4. The van der Waals surface area contributed by atoms with E-state index in [2.05, 4.69) is 17.4 Å². The number of aryl methyl sites for hydroxylation is 2. The van der Waals surface area contributed by atoms with Gasteiger partial charge >= 0.3 is 0 Å². The van der Waals surface area contributed by atoms with E-state index in [0.29, 0.717) is 32.6 Å². The Morgan fingerprint density at radius 2 is 2.00 bits per heavy atom. The van der Waals surface area contributed by atoms with Crippen LogP contribution in [0.5, 0.6) is 0 Å². The third-order valence-electron chi connectivity index (χ3n) is 5.80. The first-order valence-electron chi connectivity index (χ1n) is 9.93. The Labute approximate surface area is 171 Å². The molecule has 1 atom stereocenters. The molecular weight excluding hydrogens is 378 g/mol. The van der Waals surface area contributed by atoms with Gasteiger partial charge in [0.1, 0.15) is 5.58 Å². The average Bonchev–Trinajstić information content (AvgIpc) is 3.31. The monoisotopic (exact) mass is 405 g/mol. The number of rotatable bonds is 5. The minimum Gasteiger partial charge on any atom is -0.464 e. The highest BCUT2D eigenvalue weighted by Gasteiger charge is 2.28. The number of halogens is 1. The molecule has 1 saturated heterocycles. The van der Waals surface area contributed by atoms with E-state index in [4.69, 9.17) is 10.2 Å². The number of carbonyl (C=O) groups is 2. The number of fused-ring (bicyclic) bond motifs is 2. The minimum absolute atomic E-state index is 0. The number of carbonyl (C=O) groups excluding carboxylic acids is 2. The first kappa shape index (κ1) is 20.7. The van der Waals surface area contributed by atoms with Crippen LogP contribution < -0.4 is 11.1 Å². The molecule has 7 heteroatoms. The van der Waals surface area contributed by atoms with Crippen LogP contribution in [0, 0.1) is 5.92 Å². The Balaban J connectivity index is 0.00000225. The SMILES string of the molecule is Cl.NCCNC(=O)C1CCCN(C(=O)Cc2coc3cc4c(cc23)CCC4)C1. The molecule has 2 aromatic rings. The van der Waals surface area contributed by atoms with E-state index >= 15 is 0 Å². The number of nitrogens with two attached hydrogens (primary N) is 1. The summed E-state index contributed by atoms with van der Waals surface area (Å²) in [6.45, 7) is 2.11. The summed E-state index contributed by atoms with van der Waals surface area (Å²) >= 11 is 0. The standard InChI is InChI=1S/C21H27N3O3.ClH/c22-6-7-23-21(26)16-5-2-8-24(12-16)20(25)11-17-13-27-19-10-15-4-1-3-14(15)9-18(17)19;/h9-10,13,16H,1-8,11-12,22H2,(H,23,26);1H. The third kappa shape index (κ3) is 4.18. The molecule has 6 nitrogen and oxygen atoms in total. The zero-order valence-electron chi connectivity index (χ0n) is 16.0. The molecule has 28 heavy (non-hydrogen) atoms. The lowest BCUT2D eigenvalue weighted by Gasteiger charge is -2.32. The van der Waals surface area contributed by atoms with Crippen molar-refractivity contribution in [2.45, 2.75) is 38.5 Å². The Hall–Kier alpha value is -2.05. The van der Waals surface area contributed by atoms with E-state index in [-0.39, 0.29) is 30.1 Å². The second-order valence-corrected chi connectivity index (χ2v) is 7.67. The number of piperidine rings is 1. The first-order valence-corrected chi connectivity index (χ1v) is 9.93. The molecule has 1 aliphatic heterocycles. The Bertz CT molecular complexity index is 864. The lowest BCUT2D eigenvalue weighted by atomic mass is 9.96. The van der Waals surface area contributed by atoms with Crippen LogP contribution in [0.1, 0.15) is 36.0 Å². The molecule has 0 saturated carbocycles. The van der Waals surface area contributed by atoms with Crippen LogP contribution in [0.25, 0.3) is 11.0 Å². The molecule has 0 bridgehead atoms. The van der Waals surface area contributed by atoms with E-state index in [9.17, 15) is 9.59 Å². The maximum absolute atomic E-state index is 12.9. The lowest BCUT2D eigenvalue weighted by molar-refractivity contribution is -0.135. The molecular formula is C21H28ClN3O3. The second kappa shape index (κ2) is 8.97. The number of benzene rings is 1. The smallest absolute Gasteiger partial charge is 0.227 e. The summed E-state index contributed by atoms with van der Waals surface area (Å²) in [5.41, 5.74) is 10.0. The molecule has 1 fully saturated rings. The van der Waals surface area contributed by atoms with E-state index < -0.39 is 0 Å². The van der Waals surface area contributed by atoms with Crippen molar-refractivity contribution >= 4 is 35.2 Å². The minimum atomic E-state index is -0.140. The van der Waals surface area contributed by atoms with Crippen LogP contribution in [-0.4, -0.2) is 42.9 Å². The fourth-order valence-corrected chi connectivity index (χ4v) is 4.32.